The SMILES string of the molecule is Cc1c(F)c(N2CCC(N)C2)cc2c1c(=O)n(N)c(=O)n2C1CC1. The molecular formula is C16H20FN5O2. The Hall–Kier alpha value is -2.35. The van der Waals surface area contributed by atoms with Crippen LogP contribution in [-0.2, 0) is 0 Å². The van der Waals surface area contributed by atoms with E-state index in [-0.39, 0.29) is 23.0 Å². The van der Waals surface area contributed by atoms with Crippen molar-refractivity contribution < 1.29 is 4.39 Å². The summed E-state index contributed by atoms with van der Waals surface area (Å²) in [6, 6.07) is 1.63. The lowest BCUT2D eigenvalue weighted by Crippen LogP contribution is -2.44. The molecule has 1 saturated carbocycles. The molecule has 2 heterocycles. The van der Waals surface area contributed by atoms with Gasteiger partial charge in [-0.15, -0.1) is 0 Å². The van der Waals surface area contributed by atoms with Crippen molar-refractivity contribution in [1.29, 1.82) is 0 Å². The monoisotopic (exact) mass is 333 g/mol. The molecular weight excluding hydrogens is 313 g/mol. The van der Waals surface area contributed by atoms with E-state index in [9.17, 15) is 14.0 Å². The highest BCUT2D eigenvalue weighted by molar-refractivity contribution is 5.86. The minimum Gasteiger partial charge on any atom is -0.367 e. The summed E-state index contributed by atoms with van der Waals surface area (Å²) in [5, 5.41) is 0.175. The maximum absolute atomic E-state index is 14.9. The lowest BCUT2D eigenvalue weighted by atomic mass is 10.1. The van der Waals surface area contributed by atoms with Crippen molar-refractivity contribution in [2.45, 2.75) is 38.3 Å². The summed E-state index contributed by atoms with van der Waals surface area (Å²) in [4.78, 5) is 26.7. The van der Waals surface area contributed by atoms with Gasteiger partial charge < -0.3 is 16.5 Å². The lowest BCUT2D eigenvalue weighted by Gasteiger charge is -2.22. The Morgan fingerprint density at radius 2 is 1.96 bits per heavy atom. The highest BCUT2D eigenvalue weighted by Gasteiger charge is 2.31. The summed E-state index contributed by atoms with van der Waals surface area (Å²) >= 11 is 0. The Labute approximate surface area is 137 Å². The number of fused-ring (bicyclic) bond motifs is 1. The van der Waals surface area contributed by atoms with Gasteiger partial charge in [-0.2, -0.15) is 4.68 Å². The fraction of sp³-hybridized carbons (Fsp3) is 0.500. The Bertz CT molecular complexity index is 960. The van der Waals surface area contributed by atoms with Crippen LogP contribution in [-0.4, -0.2) is 28.4 Å². The molecule has 2 fully saturated rings. The third-order valence-corrected chi connectivity index (χ3v) is 5.04. The number of nitrogens with zero attached hydrogens (tertiary/aromatic N) is 3. The van der Waals surface area contributed by atoms with E-state index in [1.807, 2.05) is 4.90 Å². The van der Waals surface area contributed by atoms with Crippen molar-refractivity contribution in [3.8, 4) is 0 Å². The normalized spacial score (nSPS) is 21.0. The number of hydrogen-bond donors (Lipinski definition) is 2. The summed E-state index contributed by atoms with van der Waals surface area (Å²) in [6.07, 6.45) is 2.50. The zero-order valence-electron chi connectivity index (χ0n) is 13.5. The predicted octanol–water partition coefficient (Wildman–Crippen LogP) is 0.197. The second kappa shape index (κ2) is 5.07. The van der Waals surface area contributed by atoms with E-state index in [0.29, 0.717) is 29.0 Å². The van der Waals surface area contributed by atoms with Crippen molar-refractivity contribution in [3.63, 3.8) is 0 Å². The van der Waals surface area contributed by atoms with E-state index in [0.717, 1.165) is 19.3 Å². The van der Waals surface area contributed by atoms with Gasteiger partial charge in [0.1, 0.15) is 5.82 Å². The Balaban J connectivity index is 2.07. The number of rotatable bonds is 2. The summed E-state index contributed by atoms with van der Waals surface area (Å²) in [7, 11) is 0. The van der Waals surface area contributed by atoms with Crippen molar-refractivity contribution in [2.24, 2.45) is 5.73 Å². The van der Waals surface area contributed by atoms with E-state index in [2.05, 4.69) is 0 Å². The standard InChI is InChI=1S/C16H20FN5O2/c1-8-13-11(6-12(14(8)17)20-5-4-9(18)7-20)21(10-2-3-10)16(24)22(19)15(13)23/h6,9-10H,2-5,7,18-19H2,1H3. The molecule has 0 spiro atoms. The molecule has 0 radical (unpaired) electrons. The molecule has 128 valence electrons. The maximum atomic E-state index is 14.9. The second-order valence-corrected chi connectivity index (χ2v) is 6.78. The molecule has 7 nitrogen and oxygen atoms in total. The van der Waals surface area contributed by atoms with Crippen molar-refractivity contribution in [2.75, 3.05) is 23.8 Å². The largest absolute Gasteiger partial charge is 0.367 e. The minimum absolute atomic E-state index is 0.00284. The van der Waals surface area contributed by atoms with Gasteiger partial charge in [0, 0.05) is 30.7 Å². The number of benzene rings is 1. The van der Waals surface area contributed by atoms with Gasteiger partial charge in [0.15, 0.2) is 0 Å². The van der Waals surface area contributed by atoms with Crippen LogP contribution in [0.1, 0.15) is 30.9 Å². The van der Waals surface area contributed by atoms with Gasteiger partial charge in [0.25, 0.3) is 5.56 Å². The van der Waals surface area contributed by atoms with Gasteiger partial charge in [-0.3, -0.25) is 9.36 Å². The minimum atomic E-state index is -0.659. The van der Waals surface area contributed by atoms with E-state index in [1.54, 1.807) is 13.0 Å². The molecule has 4 N–H and O–H groups in total. The summed E-state index contributed by atoms with van der Waals surface area (Å²) in [5.74, 6) is 5.18. The number of nitrogen functional groups attached to an aromatic ring is 1. The van der Waals surface area contributed by atoms with Gasteiger partial charge in [-0.05, 0) is 32.3 Å². The number of aromatic nitrogens is 2. The van der Waals surface area contributed by atoms with Crippen LogP contribution < -0.4 is 27.7 Å². The molecule has 0 bridgehead atoms. The Kier molecular flexibility index (Phi) is 3.21. The third-order valence-electron chi connectivity index (χ3n) is 5.04. The first-order valence-corrected chi connectivity index (χ1v) is 8.16. The zero-order chi connectivity index (χ0) is 17.2. The van der Waals surface area contributed by atoms with Crippen LogP contribution >= 0.6 is 0 Å². The first kappa shape index (κ1) is 15.2. The van der Waals surface area contributed by atoms with Crippen LogP contribution in [0.25, 0.3) is 10.9 Å². The molecule has 4 rings (SSSR count). The fourth-order valence-electron chi connectivity index (χ4n) is 3.57. The summed E-state index contributed by atoms with van der Waals surface area (Å²) in [5.41, 5.74) is 5.80. The topological polar surface area (TPSA) is 99.3 Å². The van der Waals surface area contributed by atoms with E-state index < -0.39 is 17.1 Å². The van der Waals surface area contributed by atoms with Gasteiger partial charge in [-0.25, -0.2) is 9.18 Å². The molecule has 2 aliphatic rings. The quantitative estimate of drug-likeness (QED) is 0.765. The first-order chi connectivity index (χ1) is 11.4. The van der Waals surface area contributed by atoms with Crippen molar-refractivity contribution >= 4 is 16.6 Å². The maximum Gasteiger partial charge on any atom is 0.350 e. The number of aryl methyl sites for hydroxylation is 1. The highest BCUT2D eigenvalue weighted by atomic mass is 19.1. The fourth-order valence-corrected chi connectivity index (χ4v) is 3.57. The van der Waals surface area contributed by atoms with Gasteiger partial charge in [-0.1, -0.05) is 0 Å². The van der Waals surface area contributed by atoms with Crippen LogP contribution in [0.15, 0.2) is 15.7 Å². The second-order valence-electron chi connectivity index (χ2n) is 6.78. The average Bonchev–Trinajstić information content (AvgIpc) is 3.29. The molecule has 1 saturated heterocycles. The Morgan fingerprint density at radius 3 is 2.54 bits per heavy atom. The molecule has 8 heteroatoms. The molecule has 2 aromatic rings. The van der Waals surface area contributed by atoms with Gasteiger partial charge >= 0.3 is 5.69 Å². The van der Waals surface area contributed by atoms with E-state index in [4.69, 9.17) is 11.6 Å². The molecule has 24 heavy (non-hydrogen) atoms. The molecule has 1 aliphatic heterocycles. The van der Waals surface area contributed by atoms with Gasteiger partial charge in [0.05, 0.1) is 16.6 Å². The zero-order valence-corrected chi connectivity index (χ0v) is 13.5. The van der Waals surface area contributed by atoms with Gasteiger partial charge in [0.2, 0.25) is 0 Å². The van der Waals surface area contributed by atoms with Crippen LogP contribution in [0.2, 0.25) is 0 Å². The van der Waals surface area contributed by atoms with Crippen LogP contribution in [0.5, 0.6) is 0 Å². The number of anilines is 1. The molecule has 1 aromatic heterocycles. The molecule has 0 amide bonds. The molecule has 1 atom stereocenters. The molecule has 1 aliphatic carbocycles. The number of hydrogen-bond acceptors (Lipinski definition) is 5. The highest BCUT2D eigenvalue weighted by Crippen LogP contribution is 2.37. The lowest BCUT2D eigenvalue weighted by molar-refractivity contribution is 0.612. The van der Waals surface area contributed by atoms with Crippen molar-refractivity contribution in [3.05, 3.63) is 38.3 Å². The first-order valence-electron chi connectivity index (χ1n) is 8.16. The van der Waals surface area contributed by atoms with Crippen molar-refractivity contribution in [1.82, 2.24) is 9.24 Å². The Morgan fingerprint density at radius 1 is 1.25 bits per heavy atom. The third kappa shape index (κ3) is 2.06. The number of nitrogens with two attached hydrogens (primary N) is 2. The van der Waals surface area contributed by atoms with Crippen LogP contribution in [0.4, 0.5) is 10.1 Å². The van der Waals surface area contributed by atoms with Crippen LogP contribution in [0.3, 0.4) is 0 Å². The van der Waals surface area contributed by atoms with E-state index >= 15 is 0 Å². The molecule has 1 aromatic carbocycles. The van der Waals surface area contributed by atoms with Crippen LogP contribution in [0, 0.1) is 12.7 Å². The average molecular weight is 333 g/mol. The predicted molar refractivity (Wildman–Crippen MR) is 90.4 cm³/mol. The summed E-state index contributed by atoms with van der Waals surface area (Å²) < 4.78 is 17.0. The van der Waals surface area contributed by atoms with E-state index in [1.165, 1.54) is 4.57 Å². The molecule has 1 unspecified atom stereocenters. The number of halogens is 1. The smallest absolute Gasteiger partial charge is 0.350 e. The summed E-state index contributed by atoms with van der Waals surface area (Å²) in [6.45, 7) is 2.77.